The number of fused-ring (bicyclic) bond motifs is 1. The van der Waals surface area contributed by atoms with Crippen LogP contribution in [0, 0.1) is 0 Å². The lowest BCUT2D eigenvalue weighted by molar-refractivity contribution is 0.674. The summed E-state index contributed by atoms with van der Waals surface area (Å²) in [5.74, 6) is 0. The summed E-state index contributed by atoms with van der Waals surface area (Å²) in [6.07, 6.45) is 0. The fourth-order valence-electron chi connectivity index (χ4n) is 2.41. The van der Waals surface area contributed by atoms with Crippen molar-refractivity contribution < 1.29 is 0 Å². The molecule has 0 aliphatic carbocycles. The van der Waals surface area contributed by atoms with Crippen LogP contribution in [0.25, 0.3) is 10.9 Å². The number of rotatable bonds is 3. The van der Waals surface area contributed by atoms with Gasteiger partial charge in [0.05, 0.1) is 17.3 Å². The van der Waals surface area contributed by atoms with Gasteiger partial charge in [-0.2, -0.15) is 0 Å². The predicted molar refractivity (Wildman–Crippen MR) is 84.1 cm³/mol. The van der Waals surface area contributed by atoms with E-state index in [1.807, 2.05) is 43.4 Å². The molecule has 2 nitrogen and oxygen atoms in total. The third-order valence-electron chi connectivity index (χ3n) is 3.39. The van der Waals surface area contributed by atoms with Crippen LogP contribution in [0.1, 0.15) is 17.3 Å². The number of hydrogen-bond donors (Lipinski definition) is 1. The summed E-state index contributed by atoms with van der Waals surface area (Å²) in [6.45, 7) is 0. The van der Waals surface area contributed by atoms with Crippen LogP contribution in [-0.4, -0.2) is 12.0 Å². The zero-order chi connectivity index (χ0) is 13.9. The Kier molecular flexibility index (Phi) is 3.68. The number of para-hydroxylation sites is 1. The Morgan fingerprint density at radius 3 is 2.65 bits per heavy atom. The second-order valence-electron chi connectivity index (χ2n) is 4.71. The molecule has 3 heteroatoms. The lowest BCUT2D eigenvalue weighted by atomic mass is 10.0. The van der Waals surface area contributed by atoms with Crippen LogP contribution in [0.15, 0.2) is 60.7 Å². The van der Waals surface area contributed by atoms with Crippen molar-refractivity contribution in [1.82, 2.24) is 10.3 Å². The van der Waals surface area contributed by atoms with E-state index in [0.717, 1.165) is 27.2 Å². The Morgan fingerprint density at radius 1 is 1.00 bits per heavy atom. The molecule has 0 bridgehead atoms. The van der Waals surface area contributed by atoms with E-state index < -0.39 is 0 Å². The van der Waals surface area contributed by atoms with E-state index in [2.05, 4.69) is 29.6 Å². The Bertz CT molecular complexity index is 740. The normalized spacial score (nSPS) is 12.5. The van der Waals surface area contributed by atoms with E-state index in [4.69, 9.17) is 16.6 Å². The summed E-state index contributed by atoms with van der Waals surface area (Å²) >= 11 is 6.08. The minimum absolute atomic E-state index is 0.0401. The van der Waals surface area contributed by atoms with Crippen molar-refractivity contribution in [2.24, 2.45) is 0 Å². The molecule has 0 radical (unpaired) electrons. The molecule has 20 heavy (non-hydrogen) atoms. The van der Waals surface area contributed by atoms with Crippen LogP contribution in [-0.2, 0) is 0 Å². The first-order valence-corrected chi connectivity index (χ1v) is 6.94. The maximum Gasteiger partial charge on any atom is 0.0749 e. The van der Waals surface area contributed by atoms with Gasteiger partial charge >= 0.3 is 0 Å². The van der Waals surface area contributed by atoms with Gasteiger partial charge in [0.1, 0.15) is 0 Å². The number of nitrogens with zero attached hydrogens (tertiary/aromatic N) is 1. The van der Waals surface area contributed by atoms with E-state index >= 15 is 0 Å². The molecule has 0 aliphatic rings. The molecule has 1 atom stereocenters. The van der Waals surface area contributed by atoms with Gasteiger partial charge in [-0.3, -0.25) is 4.98 Å². The molecule has 2 aromatic carbocycles. The summed E-state index contributed by atoms with van der Waals surface area (Å²) in [5, 5.41) is 5.19. The SMILES string of the molecule is CNC(c1cccc(Cl)c1)c1ccc2ccccc2n1. The van der Waals surface area contributed by atoms with E-state index in [0.29, 0.717) is 0 Å². The van der Waals surface area contributed by atoms with Gasteiger partial charge in [-0.25, -0.2) is 0 Å². The fourth-order valence-corrected chi connectivity index (χ4v) is 2.61. The number of pyridine rings is 1. The van der Waals surface area contributed by atoms with Gasteiger partial charge in [-0.15, -0.1) is 0 Å². The molecule has 1 unspecified atom stereocenters. The van der Waals surface area contributed by atoms with Gasteiger partial charge in [-0.1, -0.05) is 48.0 Å². The summed E-state index contributed by atoms with van der Waals surface area (Å²) < 4.78 is 0. The van der Waals surface area contributed by atoms with Gasteiger partial charge in [0.2, 0.25) is 0 Å². The monoisotopic (exact) mass is 282 g/mol. The Labute approximate surface area is 123 Å². The highest BCUT2D eigenvalue weighted by Crippen LogP contribution is 2.24. The average molecular weight is 283 g/mol. The zero-order valence-corrected chi connectivity index (χ0v) is 11.9. The molecule has 0 saturated carbocycles. The molecular formula is C17H15ClN2. The first-order chi connectivity index (χ1) is 9.78. The highest BCUT2D eigenvalue weighted by molar-refractivity contribution is 6.30. The molecule has 0 spiro atoms. The molecule has 1 N–H and O–H groups in total. The summed E-state index contributed by atoms with van der Waals surface area (Å²) in [6, 6.07) is 20.2. The predicted octanol–water partition coefficient (Wildman–Crippen LogP) is 4.20. The molecule has 0 amide bonds. The molecule has 0 fully saturated rings. The highest BCUT2D eigenvalue weighted by Gasteiger charge is 2.14. The number of hydrogen-bond acceptors (Lipinski definition) is 2. The van der Waals surface area contributed by atoms with Crippen LogP contribution >= 0.6 is 11.6 Å². The maximum atomic E-state index is 6.08. The largest absolute Gasteiger partial charge is 0.308 e. The van der Waals surface area contributed by atoms with E-state index in [-0.39, 0.29) is 6.04 Å². The number of halogens is 1. The van der Waals surface area contributed by atoms with Crippen LogP contribution < -0.4 is 5.32 Å². The summed E-state index contributed by atoms with van der Waals surface area (Å²) in [7, 11) is 1.93. The quantitative estimate of drug-likeness (QED) is 0.779. The smallest absolute Gasteiger partial charge is 0.0749 e. The van der Waals surface area contributed by atoms with Crippen LogP contribution in [0.5, 0.6) is 0 Å². The van der Waals surface area contributed by atoms with Crippen molar-refractivity contribution in [3.8, 4) is 0 Å². The molecule has 3 rings (SSSR count). The first-order valence-electron chi connectivity index (χ1n) is 6.56. The summed E-state index contributed by atoms with van der Waals surface area (Å²) in [5.41, 5.74) is 3.11. The Balaban J connectivity index is 2.07. The van der Waals surface area contributed by atoms with Crippen LogP contribution in [0.3, 0.4) is 0 Å². The highest BCUT2D eigenvalue weighted by atomic mass is 35.5. The van der Waals surface area contributed by atoms with Gasteiger partial charge in [0.25, 0.3) is 0 Å². The zero-order valence-electron chi connectivity index (χ0n) is 11.2. The molecule has 0 aliphatic heterocycles. The van der Waals surface area contributed by atoms with Crippen molar-refractivity contribution in [3.05, 3.63) is 76.9 Å². The standard InChI is InChI=1S/C17H15ClN2/c1-19-17(13-6-4-7-14(18)11-13)16-10-9-12-5-2-3-8-15(12)20-16/h2-11,17,19H,1H3. The maximum absolute atomic E-state index is 6.08. The molecule has 100 valence electrons. The minimum Gasteiger partial charge on any atom is -0.308 e. The van der Waals surface area contributed by atoms with Crippen LogP contribution in [0.4, 0.5) is 0 Å². The van der Waals surface area contributed by atoms with Crippen molar-refractivity contribution >= 4 is 22.5 Å². The Hall–Kier alpha value is -1.90. The van der Waals surface area contributed by atoms with E-state index in [1.165, 1.54) is 0 Å². The first kappa shape index (κ1) is 13.1. The molecular weight excluding hydrogens is 268 g/mol. The molecule has 1 aromatic heterocycles. The van der Waals surface area contributed by atoms with Gasteiger partial charge < -0.3 is 5.32 Å². The average Bonchev–Trinajstić information content (AvgIpc) is 2.48. The van der Waals surface area contributed by atoms with Gasteiger partial charge in [-0.05, 0) is 36.9 Å². The van der Waals surface area contributed by atoms with Crippen molar-refractivity contribution in [2.75, 3.05) is 7.05 Å². The topological polar surface area (TPSA) is 24.9 Å². The van der Waals surface area contributed by atoms with Gasteiger partial charge in [0.15, 0.2) is 0 Å². The van der Waals surface area contributed by atoms with Gasteiger partial charge in [0, 0.05) is 10.4 Å². The fraction of sp³-hybridized carbons (Fsp3) is 0.118. The molecule has 1 heterocycles. The van der Waals surface area contributed by atoms with Crippen molar-refractivity contribution in [2.45, 2.75) is 6.04 Å². The van der Waals surface area contributed by atoms with E-state index in [9.17, 15) is 0 Å². The number of nitrogens with one attached hydrogen (secondary N) is 1. The molecule has 0 saturated heterocycles. The lowest BCUT2D eigenvalue weighted by Crippen LogP contribution is -2.18. The summed E-state index contributed by atoms with van der Waals surface area (Å²) in [4.78, 5) is 4.75. The number of benzene rings is 2. The van der Waals surface area contributed by atoms with E-state index in [1.54, 1.807) is 0 Å². The lowest BCUT2D eigenvalue weighted by Gasteiger charge is -2.17. The third kappa shape index (κ3) is 2.53. The van der Waals surface area contributed by atoms with Crippen molar-refractivity contribution in [1.29, 1.82) is 0 Å². The second kappa shape index (κ2) is 5.61. The number of aromatic nitrogens is 1. The second-order valence-corrected chi connectivity index (χ2v) is 5.14. The third-order valence-corrected chi connectivity index (χ3v) is 3.62. The minimum atomic E-state index is 0.0401. The molecule has 3 aromatic rings. The Morgan fingerprint density at radius 2 is 1.85 bits per heavy atom. The van der Waals surface area contributed by atoms with Crippen LogP contribution in [0.2, 0.25) is 5.02 Å². The van der Waals surface area contributed by atoms with Crippen molar-refractivity contribution in [3.63, 3.8) is 0 Å².